The van der Waals surface area contributed by atoms with E-state index >= 15 is 0 Å². The van der Waals surface area contributed by atoms with Crippen LogP contribution >= 0.6 is 0 Å². The molecule has 43 heavy (non-hydrogen) atoms. The third-order valence-corrected chi connectivity index (χ3v) is 8.20. The van der Waals surface area contributed by atoms with Gasteiger partial charge >= 0.3 is 6.09 Å². The third-order valence-electron chi connectivity index (χ3n) is 8.20. The number of benzene rings is 1. The molecular weight excluding hydrogens is 544 g/mol. The standard InChI is InChI=1S/C34H48N4O5/c1-32(2,3)25-15-17-27(18-16-25)38(30(40)34(7)23-42-21-20-37(34)31(41)43-33(4,5)6)28(24-12-11-19-35-22-24)29(39)36-26-13-9-8-10-14-26/h11-12,15-19,22,26,28H,8-10,13-14,20-21,23H2,1-7H3,(H,36,39). The molecule has 1 saturated heterocycles. The summed E-state index contributed by atoms with van der Waals surface area (Å²) in [6, 6.07) is 10.3. The Morgan fingerprint density at radius 2 is 1.72 bits per heavy atom. The van der Waals surface area contributed by atoms with Gasteiger partial charge in [0.1, 0.15) is 17.2 Å². The normalized spacial score (nSPS) is 20.7. The van der Waals surface area contributed by atoms with Gasteiger partial charge in [-0.15, -0.1) is 0 Å². The fraction of sp³-hybridized carbons (Fsp3) is 0.588. The number of hydrogen-bond acceptors (Lipinski definition) is 6. The van der Waals surface area contributed by atoms with Gasteiger partial charge in [-0.1, -0.05) is 58.2 Å². The van der Waals surface area contributed by atoms with Crippen LogP contribution in [-0.2, 0) is 24.5 Å². The number of ether oxygens (including phenoxy) is 2. The average molecular weight is 593 g/mol. The number of nitrogens with zero attached hydrogens (tertiary/aromatic N) is 3. The quantitative estimate of drug-likeness (QED) is 0.446. The lowest BCUT2D eigenvalue weighted by atomic mass is 9.87. The molecule has 1 aliphatic carbocycles. The van der Waals surface area contributed by atoms with Crippen LogP contribution in [0.2, 0.25) is 0 Å². The number of carbonyl (C=O) groups is 3. The molecule has 2 aliphatic rings. The lowest BCUT2D eigenvalue weighted by Gasteiger charge is -2.46. The molecule has 1 aromatic carbocycles. The zero-order chi connectivity index (χ0) is 31.4. The summed E-state index contributed by atoms with van der Waals surface area (Å²) < 4.78 is 11.6. The van der Waals surface area contributed by atoms with Crippen LogP contribution in [0.4, 0.5) is 10.5 Å². The van der Waals surface area contributed by atoms with Crippen molar-refractivity contribution in [2.45, 2.75) is 109 Å². The molecule has 4 rings (SSSR count). The molecule has 0 bridgehead atoms. The molecule has 1 aromatic heterocycles. The van der Waals surface area contributed by atoms with Gasteiger partial charge in [-0.2, -0.15) is 0 Å². The number of nitrogens with one attached hydrogen (secondary N) is 1. The van der Waals surface area contributed by atoms with Crippen molar-refractivity contribution < 1.29 is 23.9 Å². The summed E-state index contributed by atoms with van der Waals surface area (Å²) in [7, 11) is 0. The lowest BCUT2D eigenvalue weighted by Crippen LogP contribution is -2.67. The van der Waals surface area contributed by atoms with Crippen LogP contribution in [-0.4, -0.2) is 64.7 Å². The summed E-state index contributed by atoms with van der Waals surface area (Å²) in [4.78, 5) is 50.0. The Kier molecular flexibility index (Phi) is 9.84. The Labute approximate surface area is 256 Å². The van der Waals surface area contributed by atoms with Crippen molar-refractivity contribution in [1.82, 2.24) is 15.2 Å². The zero-order valence-electron chi connectivity index (χ0n) is 26.8. The Morgan fingerprint density at radius 1 is 1.05 bits per heavy atom. The highest BCUT2D eigenvalue weighted by Gasteiger charge is 2.51. The lowest BCUT2D eigenvalue weighted by molar-refractivity contribution is -0.142. The zero-order valence-corrected chi connectivity index (χ0v) is 26.8. The fourth-order valence-corrected chi connectivity index (χ4v) is 5.79. The molecule has 234 valence electrons. The predicted octanol–water partition coefficient (Wildman–Crippen LogP) is 5.93. The van der Waals surface area contributed by atoms with E-state index in [4.69, 9.17) is 9.47 Å². The minimum absolute atomic E-state index is 0.0347. The van der Waals surface area contributed by atoms with Crippen LogP contribution in [0.15, 0.2) is 48.8 Å². The summed E-state index contributed by atoms with van der Waals surface area (Å²) in [5.41, 5.74) is -0.0782. The minimum Gasteiger partial charge on any atom is -0.444 e. The molecular formula is C34H48N4O5. The van der Waals surface area contributed by atoms with E-state index in [0.29, 0.717) is 11.3 Å². The van der Waals surface area contributed by atoms with Crippen molar-refractivity contribution in [2.24, 2.45) is 0 Å². The molecule has 2 heterocycles. The summed E-state index contributed by atoms with van der Waals surface area (Å²) in [6.07, 6.45) is 7.74. The second kappa shape index (κ2) is 13.0. The van der Waals surface area contributed by atoms with Crippen LogP contribution in [0.3, 0.4) is 0 Å². The van der Waals surface area contributed by atoms with E-state index < -0.39 is 29.2 Å². The van der Waals surface area contributed by atoms with Gasteiger partial charge in [0.25, 0.3) is 5.91 Å². The van der Waals surface area contributed by atoms with E-state index in [1.807, 2.05) is 30.3 Å². The van der Waals surface area contributed by atoms with Gasteiger partial charge in [0, 0.05) is 36.2 Å². The highest BCUT2D eigenvalue weighted by atomic mass is 16.6. The second-order valence-electron chi connectivity index (χ2n) is 14.0. The van der Waals surface area contributed by atoms with Crippen LogP contribution in [0, 0.1) is 0 Å². The van der Waals surface area contributed by atoms with Gasteiger partial charge in [0.15, 0.2) is 0 Å². The molecule has 2 atom stereocenters. The molecule has 2 unspecified atom stereocenters. The van der Waals surface area contributed by atoms with Crippen LogP contribution in [0.5, 0.6) is 0 Å². The van der Waals surface area contributed by atoms with Crippen LogP contribution in [0.1, 0.15) is 97.7 Å². The SMILES string of the molecule is CC(C)(C)OC(=O)N1CCOCC1(C)C(=O)N(c1ccc(C(C)(C)C)cc1)C(C(=O)NC1CCCCC1)c1cccnc1. The molecule has 9 heteroatoms. The first-order chi connectivity index (χ1) is 20.2. The number of pyridine rings is 1. The molecule has 0 spiro atoms. The Hall–Kier alpha value is -3.46. The highest BCUT2D eigenvalue weighted by Crippen LogP contribution is 2.35. The van der Waals surface area contributed by atoms with Gasteiger partial charge < -0.3 is 14.8 Å². The summed E-state index contributed by atoms with van der Waals surface area (Å²) in [5.74, 6) is -0.716. The Balaban J connectivity index is 1.83. The first-order valence-electron chi connectivity index (χ1n) is 15.4. The summed E-state index contributed by atoms with van der Waals surface area (Å²) in [5, 5.41) is 3.24. The van der Waals surface area contributed by atoms with E-state index in [2.05, 4.69) is 31.1 Å². The van der Waals surface area contributed by atoms with Crippen molar-refractivity contribution in [1.29, 1.82) is 0 Å². The van der Waals surface area contributed by atoms with Crippen molar-refractivity contribution >= 4 is 23.6 Å². The number of morpholine rings is 1. The molecule has 1 aliphatic heterocycles. The maximum Gasteiger partial charge on any atom is 0.411 e. The van der Waals surface area contributed by atoms with E-state index in [-0.39, 0.29) is 37.1 Å². The summed E-state index contributed by atoms with van der Waals surface area (Å²) in [6.45, 7) is 13.9. The maximum absolute atomic E-state index is 15.0. The number of amides is 3. The van der Waals surface area contributed by atoms with Gasteiger partial charge in [-0.25, -0.2) is 4.79 Å². The van der Waals surface area contributed by atoms with Crippen molar-refractivity contribution in [3.63, 3.8) is 0 Å². The number of carbonyl (C=O) groups excluding carboxylic acids is 3. The van der Waals surface area contributed by atoms with Gasteiger partial charge in [0.05, 0.1) is 13.2 Å². The molecule has 2 fully saturated rings. The molecule has 2 aromatic rings. The monoisotopic (exact) mass is 592 g/mol. The Bertz CT molecular complexity index is 1260. The molecule has 1 saturated carbocycles. The summed E-state index contributed by atoms with van der Waals surface area (Å²) >= 11 is 0. The average Bonchev–Trinajstić information content (AvgIpc) is 2.95. The molecule has 3 amide bonds. The highest BCUT2D eigenvalue weighted by molar-refractivity contribution is 6.06. The first-order valence-corrected chi connectivity index (χ1v) is 15.4. The van der Waals surface area contributed by atoms with Gasteiger partial charge in [0.2, 0.25) is 5.91 Å². The maximum atomic E-state index is 15.0. The number of rotatable bonds is 6. The number of aromatic nitrogens is 1. The van der Waals surface area contributed by atoms with E-state index in [1.54, 1.807) is 46.2 Å². The van der Waals surface area contributed by atoms with Gasteiger partial charge in [-0.3, -0.25) is 24.4 Å². The predicted molar refractivity (Wildman–Crippen MR) is 167 cm³/mol. The molecule has 1 N–H and O–H groups in total. The molecule has 0 radical (unpaired) electrons. The van der Waals surface area contributed by atoms with E-state index in [9.17, 15) is 14.4 Å². The van der Waals surface area contributed by atoms with Crippen LogP contribution < -0.4 is 10.2 Å². The van der Waals surface area contributed by atoms with Crippen LogP contribution in [0.25, 0.3) is 0 Å². The van der Waals surface area contributed by atoms with E-state index in [0.717, 1.165) is 37.7 Å². The van der Waals surface area contributed by atoms with E-state index in [1.165, 1.54) is 9.80 Å². The third kappa shape index (κ3) is 7.74. The topological polar surface area (TPSA) is 101 Å². The smallest absolute Gasteiger partial charge is 0.411 e. The number of hydrogen-bond donors (Lipinski definition) is 1. The Morgan fingerprint density at radius 3 is 2.30 bits per heavy atom. The minimum atomic E-state index is -1.44. The van der Waals surface area contributed by atoms with Gasteiger partial charge in [-0.05, 0) is 69.7 Å². The largest absolute Gasteiger partial charge is 0.444 e. The molecule has 9 nitrogen and oxygen atoms in total. The van der Waals surface area contributed by atoms with Crippen molar-refractivity contribution in [3.05, 3.63) is 59.9 Å². The van der Waals surface area contributed by atoms with Crippen molar-refractivity contribution in [2.75, 3.05) is 24.7 Å². The first kappa shape index (κ1) is 32.5. The number of anilines is 1. The fourth-order valence-electron chi connectivity index (χ4n) is 5.79. The van der Waals surface area contributed by atoms with Crippen molar-refractivity contribution in [3.8, 4) is 0 Å². The second-order valence-corrected chi connectivity index (χ2v) is 14.0.